The number of hydrogen-bond donors (Lipinski definition) is 5. The number of carbonyl (C=O) groups excluding carboxylic acids is 4. The predicted octanol–water partition coefficient (Wildman–Crippen LogP) is 3.87. The summed E-state index contributed by atoms with van der Waals surface area (Å²) in [4.78, 5) is 75.2. The molecule has 0 aliphatic carbocycles. The lowest BCUT2D eigenvalue weighted by molar-refractivity contribution is -0.144. The van der Waals surface area contributed by atoms with Crippen LogP contribution in [0.25, 0.3) is 10.4 Å². The first kappa shape index (κ1) is 43.1. The van der Waals surface area contributed by atoms with Gasteiger partial charge in [0.05, 0.1) is 47.3 Å². The van der Waals surface area contributed by atoms with E-state index in [2.05, 4.69) is 25.8 Å². The lowest BCUT2D eigenvalue weighted by Crippen LogP contribution is -2.58. The Morgan fingerprint density at radius 1 is 0.912 bits per heavy atom. The van der Waals surface area contributed by atoms with Gasteiger partial charge in [-0.15, -0.1) is 11.3 Å². The summed E-state index contributed by atoms with van der Waals surface area (Å²) in [6.07, 6.45) is -1.81. The lowest BCUT2D eigenvalue weighted by atomic mass is 9.85. The zero-order valence-electron chi connectivity index (χ0n) is 33.5. The van der Waals surface area contributed by atoms with Crippen LogP contribution in [0.4, 0.5) is 10.5 Å². The van der Waals surface area contributed by atoms with E-state index in [1.807, 2.05) is 88.7 Å². The Balaban J connectivity index is 1.07. The lowest BCUT2D eigenvalue weighted by Gasteiger charge is -2.36. The number of carbonyl (C=O) groups is 5. The topological polar surface area (TPSA) is 194 Å². The molecule has 5 rings (SSSR count). The van der Waals surface area contributed by atoms with Crippen LogP contribution in [0.3, 0.4) is 0 Å². The molecule has 15 nitrogen and oxygen atoms in total. The number of hydrogen-bond acceptors (Lipinski definition) is 10. The van der Waals surface area contributed by atoms with Gasteiger partial charge in [0.25, 0.3) is 0 Å². The minimum atomic E-state index is -1.08. The number of aliphatic hydroxyl groups excluding tert-OH is 1. The Bertz CT molecular complexity index is 1870. The average molecular weight is 806 g/mol. The summed E-state index contributed by atoms with van der Waals surface area (Å²) in [5.74, 6) is -1.48. The Labute approximate surface area is 337 Å². The monoisotopic (exact) mass is 805 g/mol. The van der Waals surface area contributed by atoms with Gasteiger partial charge in [0.2, 0.25) is 23.6 Å². The molecule has 1 unspecified atom stereocenters. The third kappa shape index (κ3) is 11.3. The number of piperazine rings is 1. The molecule has 16 heteroatoms. The smallest absolute Gasteiger partial charge is 0.405 e. The molecule has 2 saturated heterocycles. The van der Waals surface area contributed by atoms with Crippen LogP contribution in [0.1, 0.15) is 76.4 Å². The van der Waals surface area contributed by atoms with Crippen LogP contribution in [0.5, 0.6) is 0 Å². The van der Waals surface area contributed by atoms with Gasteiger partial charge in [0.15, 0.2) is 0 Å². The number of aryl methyl sites for hydroxylation is 1. The van der Waals surface area contributed by atoms with Gasteiger partial charge in [-0.25, -0.2) is 9.78 Å². The van der Waals surface area contributed by atoms with E-state index in [0.29, 0.717) is 26.2 Å². The fourth-order valence-electron chi connectivity index (χ4n) is 7.16. The fourth-order valence-corrected chi connectivity index (χ4v) is 7.97. The van der Waals surface area contributed by atoms with Crippen molar-refractivity contribution in [3.8, 4) is 10.4 Å². The van der Waals surface area contributed by atoms with E-state index in [4.69, 9.17) is 9.84 Å². The standard InChI is InChI=1S/C41H55N7O8S/c1-25(28-7-9-30(10-8-28)36-27(3)42-24-57-36)43-38(52)33-21-32(49)22-48(33)39(53)37(41(4,5)6)45-34(50)23-56-20-15-35(51)47-18-16-46(17-19-47)31-13-11-29(12-14-31)26(2)44-40(54)55/h7-14,24-26,32-33,37,44,49H,15-23H2,1-6H3,(H,43,52)(H,45,50)(H,54,55)/t25-,26-,32+,33-,37?/m0/s1. The number of amides is 5. The summed E-state index contributed by atoms with van der Waals surface area (Å²) in [6.45, 7) is 13.0. The third-order valence-corrected chi connectivity index (χ3v) is 11.5. The van der Waals surface area contributed by atoms with Crippen molar-refractivity contribution in [2.45, 2.75) is 84.7 Å². The van der Waals surface area contributed by atoms with E-state index in [1.54, 1.807) is 23.2 Å². The highest BCUT2D eigenvalue weighted by Gasteiger charge is 2.44. The molecule has 5 amide bonds. The Morgan fingerprint density at radius 2 is 1.53 bits per heavy atom. The van der Waals surface area contributed by atoms with E-state index >= 15 is 0 Å². The van der Waals surface area contributed by atoms with Crippen LogP contribution in [-0.2, 0) is 23.9 Å². The van der Waals surface area contributed by atoms with E-state index in [0.717, 1.165) is 32.9 Å². The van der Waals surface area contributed by atoms with E-state index in [9.17, 15) is 29.1 Å². The SMILES string of the molecule is Cc1ncsc1-c1ccc([C@H](C)NC(=O)[C@@H]2C[C@@H](O)CN2C(=O)C(NC(=O)COCCC(=O)N2CCN(c3ccc([C@H](C)NC(=O)O)cc3)CC2)C(C)(C)C)cc1. The summed E-state index contributed by atoms with van der Waals surface area (Å²) < 4.78 is 5.57. The summed E-state index contributed by atoms with van der Waals surface area (Å²) in [7, 11) is 0. The highest BCUT2D eigenvalue weighted by Crippen LogP contribution is 2.30. The molecule has 2 fully saturated rings. The van der Waals surface area contributed by atoms with Crippen molar-refractivity contribution in [2.24, 2.45) is 5.41 Å². The van der Waals surface area contributed by atoms with Crippen molar-refractivity contribution >= 4 is 46.7 Å². The number of carboxylic acid groups (broad SMARTS) is 1. The molecule has 2 aromatic carbocycles. The molecule has 0 saturated carbocycles. The molecule has 57 heavy (non-hydrogen) atoms. The van der Waals surface area contributed by atoms with Crippen molar-refractivity contribution in [1.29, 1.82) is 0 Å². The zero-order chi connectivity index (χ0) is 41.4. The average Bonchev–Trinajstić information content (AvgIpc) is 3.79. The second-order valence-electron chi connectivity index (χ2n) is 15.8. The molecule has 5 N–H and O–H groups in total. The molecular formula is C41H55N7O8S. The number of rotatable bonds is 14. The number of ether oxygens (including phenoxy) is 1. The Morgan fingerprint density at radius 3 is 2.11 bits per heavy atom. The number of nitrogens with one attached hydrogen (secondary N) is 3. The number of likely N-dealkylation sites (tertiary alicyclic amines) is 1. The van der Waals surface area contributed by atoms with Gasteiger partial charge in [-0.3, -0.25) is 19.2 Å². The van der Waals surface area contributed by atoms with Gasteiger partial charge in [-0.1, -0.05) is 57.2 Å². The first-order valence-corrected chi connectivity index (χ1v) is 20.2. The number of β-amino-alcohol motifs (C(OH)–C–C–N with tert-alkyl or cyclic N) is 1. The van der Waals surface area contributed by atoms with Gasteiger partial charge in [-0.05, 0) is 55.0 Å². The van der Waals surface area contributed by atoms with Gasteiger partial charge in [-0.2, -0.15) is 0 Å². The van der Waals surface area contributed by atoms with E-state index in [1.165, 1.54) is 4.90 Å². The van der Waals surface area contributed by atoms with Crippen LogP contribution in [0.15, 0.2) is 54.0 Å². The Hall–Kier alpha value is -5.06. The molecule has 3 heterocycles. The largest absolute Gasteiger partial charge is 0.465 e. The van der Waals surface area contributed by atoms with Crippen LogP contribution >= 0.6 is 11.3 Å². The maximum atomic E-state index is 14.0. The first-order valence-electron chi connectivity index (χ1n) is 19.3. The van der Waals surface area contributed by atoms with Gasteiger partial charge >= 0.3 is 6.09 Å². The number of aromatic nitrogens is 1. The van der Waals surface area contributed by atoms with Crippen molar-refractivity contribution < 1.29 is 38.9 Å². The maximum absolute atomic E-state index is 14.0. The molecule has 0 bridgehead atoms. The molecule has 2 aliphatic rings. The van der Waals surface area contributed by atoms with Crippen LogP contribution in [0.2, 0.25) is 0 Å². The quantitative estimate of drug-likeness (QED) is 0.149. The first-order chi connectivity index (χ1) is 27.0. The minimum absolute atomic E-state index is 0.0248. The second kappa shape index (κ2) is 18.9. The fraction of sp³-hybridized carbons (Fsp3) is 0.512. The van der Waals surface area contributed by atoms with Crippen molar-refractivity contribution in [1.82, 2.24) is 30.7 Å². The van der Waals surface area contributed by atoms with E-state index < -0.39 is 41.5 Å². The van der Waals surface area contributed by atoms with Crippen LogP contribution in [0, 0.1) is 12.3 Å². The molecule has 3 aromatic rings. The molecule has 5 atom stereocenters. The minimum Gasteiger partial charge on any atom is -0.465 e. The van der Waals surface area contributed by atoms with Crippen molar-refractivity contribution in [3.63, 3.8) is 0 Å². The summed E-state index contributed by atoms with van der Waals surface area (Å²) in [5.41, 5.74) is 5.80. The van der Waals surface area contributed by atoms with Gasteiger partial charge < -0.3 is 45.6 Å². The summed E-state index contributed by atoms with van der Waals surface area (Å²) in [5, 5.41) is 27.8. The highest BCUT2D eigenvalue weighted by molar-refractivity contribution is 7.13. The molecular weight excluding hydrogens is 751 g/mol. The molecule has 0 spiro atoms. The Kier molecular flexibility index (Phi) is 14.3. The van der Waals surface area contributed by atoms with Crippen molar-refractivity contribution in [3.05, 3.63) is 70.9 Å². The van der Waals surface area contributed by atoms with Gasteiger partial charge in [0, 0.05) is 44.8 Å². The number of aliphatic hydroxyl groups is 1. The van der Waals surface area contributed by atoms with E-state index in [-0.39, 0.29) is 56.5 Å². The number of thiazole rings is 1. The summed E-state index contributed by atoms with van der Waals surface area (Å²) in [6, 6.07) is 12.9. The molecule has 308 valence electrons. The van der Waals surface area contributed by atoms with Crippen LogP contribution < -0.4 is 20.9 Å². The number of nitrogens with zero attached hydrogens (tertiary/aromatic N) is 4. The number of anilines is 1. The second-order valence-corrected chi connectivity index (χ2v) is 16.7. The molecule has 2 aliphatic heterocycles. The summed E-state index contributed by atoms with van der Waals surface area (Å²) >= 11 is 1.57. The van der Waals surface area contributed by atoms with Gasteiger partial charge in [0.1, 0.15) is 18.7 Å². The van der Waals surface area contributed by atoms with Crippen molar-refractivity contribution in [2.75, 3.05) is 50.8 Å². The molecule has 1 aromatic heterocycles. The molecule has 0 radical (unpaired) electrons. The zero-order valence-corrected chi connectivity index (χ0v) is 34.3. The number of benzene rings is 2. The normalized spacial score (nSPS) is 18.8. The maximum Gasteiger partial charge on any atom is 0.405 e. The third-order valence-electron chi connectivity index (χ3n) is 10.5. The predicted molar refractivity (Wildman–Crippen MR) is 217 cm³/mol. The van der Waals surface area contributed by atoms with Crippen LogP contribution in [-0.4, -0.2) is 119 Å². The highest BCUT2D eigenvalue weighted by atomic mass is 32.1.